The third kappa shape index (κ3) is 5.45. The van der Waals surface area contributed by atoms with E-state index in [1.54, 1.807) is 0 Å². The first-order chi connectivity index (χ1) is 10.2. The summed E-state index contributed by atoms with van der Waals surface area (Å²) in [6, 6.07) is 10.4. The molecule has 5 nitrogen and oxygen atoms in total. The molecule has 1 aromatic rings. The second-order valence-corrected chi connectivity index (χ2v) is 5.42. The maximum atomic E-state index is 11.8. The van der Waals surface area contributed by atoms with Gasteiger partial charge in [-0.15, -0.1) is 0 Å². The summed E-state index contributed by atoms with van der Waals surface area (Å²) >= 11 is 0. The van der Waals surface area contributed by atoms with Crippen LogP contribution in [0.15, 0.2) is 35.3 Å². The fourth-order valence-electron chi connectivity index (χ4n) is 2.02. The number of aliphatic imine (C=N–C) groups is 1. The first-order valence-electron chi connectivity index (χ1n) is 7.54. The molecule has 1 fully saturated rings. The molecule has 1 saturated carbocycles. The van der Waals surface area contributed by atoms with E-state index in [9.17, 15) is 4.79 Å². The van der Waals surface area contributed by atoms with Crippen LogP contribution in [0.5, 0.6) is 0 Å². The number of hydrogen-bond donors (Lipinski definition) is 3. The molecule has 5 heteroatoms. The summed E-state index contributed by atoms with van der Waals surface area (Å²) in [5.41, 5.74) is 1.09. The number of nitrogens with one attached hydrogen (secondary N) is 3. The lowest BCUT2D eigenvalue weighted by molar-refractivity contribution is -0.119. The second-order valence-electron chi connectivity index (χ2n) is 5.42. The average Bonchev–Trinajstić information content (AvgIpc) is 3.19. The molecule has 1 amide bonds. The second kappa shape index (κ2) is 7.67. The number of rotatable bonds is 6. The lowest BCUT2D eigenvalue weighted by atomic mass is 10.2. The number of nitrogens with zero attached hydrogens (tertiary/aromatic N) is 1. The first-order valence-corrected chi connectivity index (χ1v) is 7.54. The van der Waals surface area contributed by atoms with Crippen molar-refractivity contribution in [2.45, 2.75) is 32.9 Å². The number of carbonyl (C=O) groups excluding carboxylic acids is 1. The van der Waals surface area contributed by atoms with Crippen LogP contribution in [-0.4, -0.2) is 31.0 Å². The van der Waals surface area contributed by atoms with Crippen LogP contribution in [-0.2, 0) is 11.3 Å². The zero-order valence-corrected chi connectivity index (χ0v) is 12.7. The normalized spacial score (nSPS) is 20.8. The largest absolute Gasteiger partial charge is 0.357 e. The summed E-state index contributed by atoms with van der Waals surface area (Å²) in [5.74, 6) is 1.35. The van der Waals surface area contributed by atoms with Crippen molar-refractivity contribution in [1.29, 1.82) is 0 Å². The molecule has 21 heavy (non-hydrogen) atoms. The Morgan fingerprint density at radius 2 is 2.00 bits per heavy atom. The lowest BCUT2D eigenvalue weighted by Crippen LogP contribution is -2.40. The van der Waals surface area contributed by atoms with E-state index < -0.39 is 0 Å². The number of hydrogen-bond acceptors (Lipinski definition) is 2. The molecule has 2 rings (SSSR count). The van der Waals surface area contributed by atoms with Crippen molar-refractivity contribution >= 4 is 11.9 Å². The van der Waals surface area contributed by atoms with Crippen molar-refractivity contribution in [3.8, 4) is 0 Å². The molecule has 0 aromatic heterocycles. The minimum atomic E-state index is -0.0695. The zero-order valence-electron chi connectivity index (χ0n) is 12.7. The van der Waals surface area contributed by atoms with E-state index in [0.29, 0.717) is 18.5 Å². The molecule has 0 saturated heterocycles. The van der Waals surface area contributed by atoms with Crippen molar-refractivity contribution in [1.82, 2.24) is 16.0 Å². The van der Waals surface area contributed by atoms with E-state index in [2.05, 4.69) is 27.9 Å². The van der Waals surface area contributed by atoms with Crippen molar-refractivity contribution in [2.24, 2.45) is 10.9 Å². The van der Waals surface area contributed by atoms with Crippen LogP contribution in [0.3, 0.4) is 0 Å². The molecule has 2 unspecified atom stereocenters. The molecule has 0 spiro atoms. The Hall–Kier alpha value is -2.04. The SMILES string of the molecule is CCNC(=NCC(=O)NCc1ccccc1)NC1CC1C. The van der Waals surface area contributed by atoms with Gasteiger partial charge in [0.25, 0.3) is 0 Å². The van der Waals surface area contributed by atoms with Crippen LogP contribution < -0.4 is 16.0 Å². The van der Waals surface area contributed by atoms with Gasteiger partial charge in [-0.3, -0.25) is 4.79 Å². The zero-order chi connectivity index (χ0) is 15.1. The van der Waals surface area contributed by atoms with Gasteiger partial charge in [0.1, 0.15) is 6.54 Å². The maximum absolute atomic E-state index is 11.8. The lowest BCUT2D eigenvalue weighted by Gasteiger charge is -2.10. The van der Waals surface area contributed by atoms with Gasteiger partial charge in [0.05, 0.1) is 0 Å². The predicted octanol–water partition coefficient (Wildman–Crippen LogP) is 1.27. The molecule has 0 heterocycles. The average molecular weight is 288 g/mol. The fourth-order valence-corrected chi connectivity index (χ4v) is 2.02. The van der Waals surface area contributed by atoms with Crippen LogP contribution in [0.25, 0.3) is 0 Å². The predicted molar refractivity (Wildman–Crippen MR) is 85.0 cm³/mol. The quantitative estimate of drug-likeness (QED) is 0.545. The van der Waals surface area contributed by atoms with E-state index in [0.717, 1.165) is 18.1 Å². The van der Waals surface area contributed by atoms with Gasteiger partial charge in [-0.05, 0) is 24.8 Å². The van der Waals surface area contributed by atoms with Gasteiger partial charge in [0.2, 0.25) is 5.91 Å². The highest BCUT2D eigenvalue weighted by atomic mass is 16.1. The van der Waals surface area contributed by atoms with Crippen LogP contribution in [0.1, 0.15) is 25.8 Å². The van der Waals surface area contributed by atoms with Crippen LogP contribution in [0.2, 0.25) is 0 Å². The minimum absolute atomic E-state index is 0.0695. The number of benzene rings is 1. The summed E-state index contributed by atoms with van der Waals surface area (Å²) in [4.78, 5) is 16.1. The molecule has 2 atom stereocenters. The summed E-state index contributed by atoms with van der Waals surface area (Å²) in [6.45, 7) is 5.69. The van der Waals surface area contributed by atoms with Crippen LogP contribution >= 0.6 is 0 Å². The Morgan fingerprint density at radius 1 is 1.29 bits per heavy atom. The third-order valence-electron chi connectivity index (χ3n) is 3.49. The molecule has 1 aliphatic carbocycles. The van der Waals surface area contributed by atoms with Crippen LogP contribution in [0, 0.1) is 5.92 Å². The highest BCUT2D eigenvalue weighted by molar-refractivity contribution is 5.85. The standard InChI is InChI=1S/C16H24N4O/c1-3-17-16(20-14-9-12(14)2)19-11-15(21)18-10-13-7-5-4-6-8-13/h4-8,12,14H,3,9-11H2,1-2H3,(H,18,21)(H2,17,19,20). The molecule has 114 valence electrons. The number of carbonyl (C=O) groups is 1. The Morgan fingerprint density at radius 3 is 2.62 bits per heavy atom. The van der Waals surface area contributed by atoms with E-state index in [1.165, 1.54) is 6.42 Å². The summed E-state index contributed by atoms with van der Waals surface area (Å²) in [5, 5.41) is 9.36. The van der Waals surface area contributed by atoms with E-state index in [-0.39, 0.29) is 12.5 Å². The molecule has 1 aromatic carbocycles. The fraction of sp³-hybridized carbons (Fsp3) is 0.500. The van der Waals surface area contributed by atoms with Crippen molar-refractivity contribution < 1.29 is 4.79 Å². The number of guanidine groups is 1. The first kappa shape index (κ1) is 15.4. The van der Waals surface area contributed by atoms with Crippen LogP contribution in [0.4, 0.5) is 0 Å². The maximum Gasteiger partial charge on any atom is 0.242 e. The Bertz CT molecular complexity index is 486. The van der Waals surface area contributed by atoms with Crippen molar-refractivity contribution in [3.63, 3.8) is 0 Å². The summed E-state index contributed by atoms with van der Waals surface area (Å²) < 4.78 is 0. The molecule has 0 aliphatic heterocycles. The summed E-state index contributed by atoms with van der Waals surface area (Å²) in [7, 11) is 0. The van der Waals surface area contributed by atoms with Gasteiger partial charge < -0.3 is 16.0 Å². The molecule has 1 aliphatic rings. The molecule has 0 radical (unpaired) electrons. The highest BCUT2D eigenvalue weighted by Crippen LogP contribution is 2.28. The molecule has 0 bridgehead atoms. The van der Waals surface area contributed by atoms with Gasteiger partial charge in [-0.25, -0.2) is 4.99 Å². The molecular weight excluding hydrogens is 264 g/mol. The van der Waals surface area contributed by atoms with E-state index in [4.69, 9.17) is 0 Å². The summed E-state index contributed by atoms with van der Waals surface area (Å²) in [6.07, 6.45) is 1.17. The van der Waals surface area contributed by atoms with Crippen molar-refractivity contribution in [3.05, 3.63) is 35.9 Å². The van der Waals surface area contributed by atoms with E-state index in [1.807, 2.05) is 37.3 Å². The van der Waals surface area contributed by atoms with Gasteiger partial charge in [-0.2, -0.15) is 0 Å². The minimum Gasteiger partial charge on any atom is -0.357 e. The van der Waals surface area contributed by atoms with Gasteiger partial charge in [0.15, 0.2) is 5.96 Å². The third-order valence-corrected chi connectivity index (χ3v) is 3.49. The van der Waals surface area contributed by atoms with Gasteiger partial charge in [-0.1, -0.05) is 37.3 Å². The molecule has 3 N–H and O–H groups in total. The van der Waals surface area contributed by atoms with Gasteiger partial charge in [0, 0.05) is 19.1 Å². The highest BCUT2D eigenvalue weighted by Gasteiger charge is 2.33. The Labute approximate surface area is 126 Å². The van der Waals surface area contributed by atoms with E-state index >= 15 is 0 Å². The number of amides is 1. The van der Waals surface area contributed by atoms with Crippen molar-refractivity contribution in [2.75, 3.05) is 13.1 Å². The van der Waals surface area contributed by atoms with Gasteiger partial charge >= 0.3 is 0 Å². The smallest absolute Gasteiger partial charge is 0.242 e. The topological polar surface area (TPSA) is 65.5 Å². The Balaban J connectivity index is 1.75. The Kier molecular flexibility index (Phi) is 5.60. The monoisotopic (exact) mass is 288 g/mol. The molecular formula is C16H24N4O.